The number of aryl methyl sites for hydroxylation is 4. The second-order valence-electron chi connectivity index (χ2n) is 5.01. The van der Waals surface area contributed by atoms with Crippen LogP contribution in [-0.4, -0.2) is 12.1 Å². The lowest BCUT2D eigenvalue weighted by Crippen LogP contribution is -1.95. The molecule has 19 heavy (non-hydrogen) atoms. The van der Waals surface area contributed by atoms with E-state index in [9.17, 15) is 0 Å². The maximum Gasteiger partial charge on any atom is 0.215 e. The van der Waals surface area contributed by atoms with Gasteiger partial charge in [-0.25, -0.2) is 4.98 Å². The SMILES string of the molecule is CCc1cc(C)c(-c2cnc(OC)c(C)c2)c(C)c1. The van der Waals surface area contributed by atoms with Crippen LogP contribution < -0.4 is 4.74 Å². The molecule has 0 saturated carbocycles. The molecule has 0 saturated heterocycles. The summed E-state index contributed by atoms with van der Waals surface area (Å²) >= 11 is 0. The molecule has 0 spiro atoms. The molecule has 2 aromatic rings. The van der Waals surface area contributed by atoms with E-state index in [1.807, 2.05) is 13.1 Å². The minimum Gasteiger partial charge on any atom is -0.481 e. The lowest BCUT2D eigenvalue weighted by molar-refractivity contribution is 0.394. The number of aromatic nitrogens is 1. The fourth-order valence-corrected chi connectivity index (χ4v) is 2.63. The Balaban J connectivity index is 2.56. The summed E-state index contributed by atoms with van der Waals surface area (Å²) in [6.07, 6.45) is 2.97. The summed E-state index contributed by atoms with van der Waals surface area (Å²) in [5, 5.41) is 0. The molecule has 0 unspecified atom stereocenters. The van der Waals surface area contributed by atoms with Crippen LogP contribution in [0, 0.1) is 20.8 Å². The van der Waals surface area contributed by atoms with Gasteiger partial charge < -0.3 is 4.74 Å². The molecule has 2 heteroatoms. The van der Waals surface area contributed by atoms with Gasteiger partial charge in [-0.1, -0.05) is 19.1 Å². The van der Waals surface area contributed by atoms with Crippen molar-refractivity contribution in [3.8, 4) is 17.0 Å². The van der Waals surface area contributed by atoms with Crippen molar-refractivity contribution in [2.24, 2.45) is 0 Å². The number of methoxy groups -OCH3 is 1. The summed E-state index contributed by atoms with van der Waals surface area (Å²) in [5.74, 6) is 0.698. The summed E-state index contributed by atoms with van der Waals surface area (Å²) in [4.78, 5) is 4.38. The highest BCUT2D eigenvalue weighted by Gasteiger charge is 2.09. The minimum atomic E-state index is 0.698. The number of nitrogens with zero attached hydrogens (tertiary/aromatic N) is 1. The van der Waals surface area contributed by atoms with Crippen LogP contribution in [0.1, 0.15) is 29.2 Å². The number of hydrogen-bond donors (Lipinski definition) is 0. The second-order valence-corrected chi connectivity index (χ2v) is 5.01. The van der Waals surface area contributed by atoms with E-state index in [4.69, 9.17) is 4.74 Å². The lowest BCUT2D eigenvalue weighted by atomic mass is 9.93. The van der Waals surface area contributed by atoms with E-state index < -0.39 is 0 Å². The second kappa shape index (κ2) is 5.43. The van der Waals surface area contributed by atoms with Gasteiger partial charge in [0, 0.05) is 17.3 Å². The van der Waals surface area contributed by atoms with Gasteiger partial charge in [0.2, 0.25) is 5.88 Å². The van der Waals surface area contributed by atoms with E-state index in [2.05, 4.69) is 44.0 Å². The van der Waals surface area contributed by atoms with Crippen molar-refractivity contribution in [1.29, 1.82) is 0 Å². The van der Waals surface area contributed by atoms with E-state index >= 15 is 0 Å². The van der Waals surface area contributed by atoms with Crippen molar-refractivity contribution in [3.63, 3.8) is 0 Å². The van der Waals surface area contributed by atoms with Gasteiger partial charge in [-0.15, -0.1) is 0 Å². The average molecular weight is 255 g/mol. The molecule has 0 bridgehead atoms. The van der Waals surface area contributed by atoms with Crippen LogP contribution in [0.4, 0.5) is 0 Å². The Morgan fingerprint density at radius 1 is 1.00 bits per heavy atom. The molecule has 0 fully saturated rings. The first-order valence-electron chi connectivity index (χ1n) is 6.68. The van der Waals surface area contributed by atoms with Crippen molar-refractivity contribution >= 4 is 0 Å². The van der Waals surface area contributed by atoms with Crippen molar-refractivity contribution < 1.29 is 4.74 Å². The monoisotopic (exact) mass is 255 g/mol. The molecule has 100 valence electrons. The van der Waals surface area contributed by atoms with Crippen LogP contribution in [0.2, 0.25) is 0 Å². The van der Waals surface area contributed by atoms with Gasteiger partial charge in [0.05, 0.1) is 7.11 Å². The van der Waals surface area contributed by atoms with Crippen LogP contribution >= 0.6 is 0 Å². The van der Waals surface area contributed by atoms with Crippen LogP contribution in [0.15, 0.2) is 24.4 Å². The Labute approximate surface area is 115 Å². The zero-order valence-corrected chi connectivity index (χ0v) is 12.4. The average Bonchev–Trinajstić information content (AvgIpc) is 2.38. The zero-order valence-electron chi connectivity index (χ0n) is 12.4. The molecule has 0 aliphatic heterocycles. The van der Waals surface area contributed by atoms with E-state index in [-0.39, 0.29) is 0 Å². The first-order chi connectivity index (χ1) is 9.06. The predicted molar refractivity (Wildman–Crippen MR) is 79.8 cm³/mol. The fraction of sp³-hybridized carbons (Fsp3) is 0.353. The van der Waals surface area contributed by atoms with Gasteiger partial charge in [-0.05, 0) is 55.5 Å². The third kappa shape index (κ3) is 2.62. The molecule has 1 heterocycles. The molecular formula is C17H21NO. The van der Waals surface area contributed by atoms with Crippen LogP contribution in [-0.2, 0) is 6.42 Å². The standard InChI is InChI=1S/C17H21NO/c1-6-14-7-11(2)16(12(3)8-14)15-9-13(4)17(19-5)18-10-15/h7-10H,6H2,1-5H3. The van der Waals surface area contributed by atoms with E-state index in [1.165, 1.54) is 22.3 Å². The number of benzene rings is 1. The fourth-order valence-electron chi connectivity index (χ4n) is 2.63. The number of rotatable bonds is 3. The van der Waals surface area contributed by atoms with Gasteiger partial charge in [-0.2, -0.15) is 0 Å². The topological polar surface area (TPSA) is 22.1 Å². The van der Waals surface area contributed by atoms with Crippen LogP contribution in [0.5, 0.6) is 5.88 Å². The highest BCUT2D eigenvalue weighted by atomic mass is 16.5. The van der Waals surface area contributed by atoms with Gasteiger partial charge >= 0.3 is 0 Å². The molecule has 0 aliphatic carbocycles. The maximum absolute atomic E-state index is 5.22. The third-order valence-electron chi connectivity index (χ3n) is 3.51. The summed E-state index contributed by atoms with van der Waals surface area (Å²) < 4.78 is 5.22. The minimum absolute atomic E-state index is 0.698. The highest BCUT2D eigenvalue weighted by molar-refractivity contribution is 5.71. The molecule has 2 nitrogen and oxygen atoms in total. The Kier molecular flexibility index (Phi) is 3.89. The van der Waals surface area contributed by atoms with Crippen molar-refractivity contribution in [2.45, 2.75) is 34.1 Å². The lowest BCUT2D eigenvalue weighted by Gasteiger charge is -2.13. The molecule has 0 amide bonds. The smallest absolute Gasteiger partial charge is 0.215 e. The highest BCUT2D eigenvalue weighted by Crippen LogP contribution is 2.30. The van der Waals surface area contributed by atoms with E-state index in [0.717, 1.165) is 17.5 Å². The summed E-state index contributed by atoms with van der Waals surface area (Å²) in [6.45, 7) is 8.55. The summed E-state index contributed by atoms with van der Waals surface area (Å²) in [7, 11) is 1.65. The molecule has 0 N–H and O–H groups in total. The van der Waals surface area contributed by atoms with Gasteiger partial charge in [0.15, 0.2) is 0 Å². The maximum atomic E-state index is 5.22. The number of hydrogen-bond acceptors (Lipinski definition) is 2. The predicted octanol–water partition coefficient (Wildman–Crippen LogP) is 4.24. The van der Waals surface area contributed by atoms with Gasteiger partial charge in [0.1, 0.15) is 0 Å². The third-order valence-corrected chi connectivity index (χ3v) is 3.51. The van der Waals surface area contributed by atoms with Crippen LogP contribution in [0.3, 0.4) is 0 Å². The Hall–Kier alpha value is -1.83. The largest absolute Gasteiger partial charge is 0.481 e. The number of ether oxygens (including phenoxy) is 1. The van der Waals surface area contributed by atoms with E-state index in [1.54, 1.807) is 7.11 Å². The summed E-state index contributed by atoms with van der Waals surface area (Å²) in [6, 6.07) is 6.68. The molecule has 0 aliphatic rings. The molecule has 1 aromatic carbocycles. The molecule has 0 radical (unpaired) electrons. The van der Waals surface area contributed by atoms with Gasteiger partial charge in [-0.3, -0.25) is 0 Å². The quantitative estimate of drug-likeness (QED) is 0.818. The first-order valence-corrected chi connectivity index (χ1v) is 6.68. The Morgan fingerprint density at radius 2 is 1.63 bits per heavy atom. The van der Waals surface area contributed by atoms with Crippen LogP contribution in [0.25, 0.3) is 11.1 Å². The van der Waals surface area contributed by atoms with Crippen molar-refractivity contribution in [2.75, 3.05) is 7.11 Å². The normalized spacial score (nSPS) is 10.6. The number of pyridine rings is 1. The Bertz CT molecular complexity index is 579. The first kappa shape index (κ1) is 13.6. The molecule has 0 atom stereocenters. The zero-order chi connectivity index (χ0) is 14.0. The van der Waals surface area contributed by atoms with Crippen molar-refractivity contribution in [1.82, 2.24) is 4.98 Å². The summed E-state index contributed by atoms with van der Waals surface area (Å²) in [5.41, 5.74) is 7.52. The molecule has 2 rings (SSSR count). The molecule has 1 aromatic heterocycles. The Morgan fingerprint density at radius 3 is 2.11 bits per heavy atom. The van der Waals surface area contributed by atoms with E-state index in [0.29, 0.717) is 5.88 Å². The van der Waals surface area contributed by atoms with Gasteiger partial charge in [0.25, 0.3) is 0 Å². The van der Waals surface area contributed by atoms with Crippen molar-refractivity contribution in [3.05, 3.63) is 46.6 Å². The molecular weight excluding hydrogens is 234 g/mol.